The zero-order valence-corrected chi connectivity index (χ0v) is 11.2. The summed E-state index contributed by atoms with van der Waals surface area (Å²) in [6.07, 6.45) is 5.56. The summed E-state index contributed by atoms with van der Waals surface area (Å²) in [5, 5.41) is 3.40. The summed E-state index contributed by atoms with van der Waals surface area (Å²) in [4.78, 5) is 0. The van der Waals surface area contributed by atoms with E-state index < -0.39 is 0 Å². The molecule has 2 nitrogen and oxygen atoms in total. The quantitative estimate of drug-likeness (QED) is 0.861. The summed E-state index contributed by atoms with van der Waals surface area (Å²) >= 11 is 0. The molecule has 2 unspecified atom stereocenters. The number of hydrogen-bond acceptors (Lipinski definition) is 2. The van der Waals surface area contributed by atoms with E-state index in [1.165, 1.54) is 24.8 Å². The van der Waals surface area contributed by atoms with Crippen molar-refractivity contribution in [2.45, 2.75) is 31.8 Å². The fourth-order valence-corrected chi connectivity index (χ4v) is 3.54. The highest BCUT2D eigenvalue weighted by atomic mass is 16.5. The van der Waals surface area contributed by atoms with Crippen LogP contribution in [0.5, 0.6) is 0 Å². The maximum absolute atomic E-state index is 6.08. The molecule has 18 heavy (non-hydrogen) atoms. The van der Waals surface area contributed by atoms with E-state index in [1.807, 2.05) is 0 Å². The first-order chi connectivity index (χ1) is 8.84. The largest absolute Gasteiger partial charge is 0.377 e. The van der Waals surface area contributed by atoms with Crippen LogP contribution in [-0.4, -0.2) is 26.3 Å². The fourth-order valence-electron chi connectivity index (χ4n) is 3.54. The van der Waals surface area contributed by atoms with Crippen LogP contribution in [0, 0.1) is 11.3 Å². The number of ether oxygens (including phenoxy) is 1. The van der Waals surface area contributed by atoms with Gasteiger partial charge in [-0.15, -0.1) is 0 Å². The van der Waals surface area contributed by atoms with Gasteiger partial charge in [0.05, 0.1) is 6.10 Å². The molecule has 0 radical (unpaired) electrons. The first-order valence-electron chi connectivity index (χ1n) is 7.14. The molecule has 1 aliphatic heterocycles. The van der Waals surface area contributed by atoms with Gasteiger partial charge in [-0.2, -0.15) is 0 Å². The smallest absolute Gasteiger partial charge is 0.0675 e. The third kappa shape index (κ3) is 2.32. The zero-order valence-electron chi connectivity index (χ0n) is 11.2. The van der Waals surface area contributed by atoms with Gasteiger partial charge in [0.1, 0.15) is 0 Å². The molecule has 2 atom stereocenters. The van der Waals surface area contributed by atoms with Crippen molar-refractivity contribution in [3.8, 4) is 0 Å². The first-order valence-corrected chi connectivity index (χ1v) is 7.14. The molecule has 0 aromatic heterocycles. The van der Waals surface area contributed by atoms with Crippen LogP contribution in [0.2, 0.25) is 0 Å². The minimum absolute atomic E-state index is 0.317. The number of rotatable bonds is 5. The molecule has 1 saturated heterocycles. The summed E-state index contributed by atoms with van der Waals surface area (Å²) in [6, 6.07) is 10.9. The lowest BCUT2D eigenvalue weighted by atomic mass is 9.74. The van der Waals surface area contributed by atoms with E-state index in [2.05, 4.69) is 42.7 Å². The van der Waals surface area contributed by atoms with Crippen molar-refractivity contribution in [1.82, 2.24) is 5.32 Å². The summed E-state index contributed by atoms with van der Waals surface area (Å²) < 4.78 is 6.08. The molecule has 98 valence electrons. The molecule has 2 fully saturated rings. The lowest BCUT2D eigenvalue weighted by Crippen LogP contribution is -2.42. The lowest BCUT2D eigenvalue weighted by Gasteiger charge is -2.34. The summed E-state index contributed by atoms with van der Waals surface area (Å²) in [7, 11) is 2.06. The standard InChI is InChI=1S/C16H23NO/c1-17-12-16(11-13-5-3-2-4-6-13)9-10-18-15(16)14-7-8-14/h2-6,14-15,17H,7-12H2,1H3. The fraction of sp³-hybridized carbons (Fsp3) is 0.625. The van der Waals surface area contributed by atoms with Crippen molar-refractivity contribution < 1.29 is 4.74 Å². The molecular formula is C16H23NO. The van der Waals surface area contributed by atoms with Crippen LogP contribution in [0.15, 0.2) is 30.3 Å². The second-order valence-electron chi connectivity index (χ2n) is 5.93. The van der Waals surface area contributed by atoms with Crippen molar-refractivity contribution in [3.05, 3.63) is 35.9 Å². The minimum atomic E-state index is 0.317. The Bertz CT molecular complexity index is 387. The monoisotopic (exact) mass is 245 g/mol. The molecule has 1 aromatic carbocycles. The van der Waals surface area contributed by atoms with Crippen LogP contribution < -0.4 is 5.32 Å². The second kappa shape index (κ2) is 5.02. The number of nitrogens with one attached hydrogen (secondary N) is 1. The predicted octanol–water partition coefficient (Wildman–Crippen LogP) is 2.63. The van der Waals surface area contributed by atoms with Crippen molar-refractivity contribution in [1.29, 1.82) is 0 Å². The van der Waals surface area contributed by atoms with E-state index in [1.54, 1.807) is 0 Å². The number of benzene rings is 1. The van der Waals surface area contributed by atoms with Gasteiger partial charge in [-0.1, -0.05) is 30.3 Å². The Labute approximate surface area is 110 Å². The van der Waals surface area contributed by atoms with Crippen molar-refractivity contribution in [2.75, 3.05) is 20.2 Å². The van der Waals surface area contributed by atoms with Crippen molar-refractivity contribution in [2.24, 2.45) is 11.3 Å². The Kier molecular flexibility index (Phi) is 3.40. The molecule has 1 aromatic rings. The van der Waals surface area contributed by atoms with Gasteiger partial charge in [0.15, 0.2) is 0 Å². The molecule has 0 bridgehead atoms. The molecule has 1 heterocycles. The van der Waals surface area contributed by atoms with E-state index in [4.69, 9.17) is 4.74 Å². The Hall–Kier alpha value is -0.860. The van der Waals surface area contributed by atoms with Gasteiger partial charge < -0.3 is 10.1 Å². The highest BCUT2D eigenvalue weighted by Gasteiger charge is 2.50. The number of hydrogen-bond donors (Lipinski definition) is 1. The third-order valence-corrected chi connectivity index (χ3v) is 4.48. The molecule has 0 spiro atoms. The van der Waals surface area contributed by atoms with Crippen LogP contribution in [0.25, 0.3) is 0 Å². The van der Waals surface area contributed by atoms with E-state index in [-0.39, 0.29) is 0 Å². The van der Waals surface area contributed by atoms with E-state index >= 15 is 0 Å². The van der Waals surface area contributed by atoms with Gasteiger partial charge in [0, 0.05) is 18.6 Å². The van der Waals surface area contributed by atoms with Gasteiger partial charge in [-0.25, -0.2) is 0 Å². The average molecular weight is 245 g/mol. The van der Waals surface area contributed by atoms with Crippen molar-refractivity contribution in [3.63, 3.8) is 0 Å². The molecular weight excluding hydrogens is 222 g/mol. The van der Waals surface area contributed by atoms with Crippen LogP contribution in [-0.2, 0) is 11.2 Å². The average Bonchev–Trinajstić information content (AvgIpc) is 3.14. The van der Waals surface area contributed by atoms with E-state index in [0.717, 1.165) is 25.5 Å². The molecule has 2 heteroatoms. The highest BCUT2D eigenvalue weighted by molar-refractivity contribution is 5.18. The normalized spacial score (nSPS) is 31.7. The maximum Gasteiger partial charge on any atom is 0.0675 e. The minimum Gasteiger partial charge on any atom is -0.377 e. The Morgan fingerprint density at radius 3 is 2.72 bits per heavy atom. The maximum atomic E-state index is 6.08. The first kappa shape index (κ1) is 12.2. The van der Waals surface area contributed by atoms with E-state index in [9.17, 15) is 0 Å². The van der Waals surface area contributed by atoms with Gasteiger partial charge in [0.25, 0.3) is 0 Å². The van der Waals surface area contributed by atoms with Crippen molar-refractivity contribution >= 4 is 0 Å². The Balaban J connectivity index is 1.81. The van der Waals surface area contributed by atoms with E-state index in [0.29, 0.717) is 11.5 Å². The predicted molar refractivity (Wildman–Crippen MR) is 73.6 cm³/mol. The van der Waals surface area contributed by atoms with Crippen LogP contribution in [0.3, 0.4) is 0 Å². The Morgan fingerprint density at radius 1 is 1.28 bits per heavy atom. The lowest BCUT2D eigenvalue weighted by molar-refractivity contribution is 0.0314. The van der Waals surface area contributed by atoms with Crippen LogP contribution in [0.4, 0.5) is 0 Å². The van der Waals surface area contributed by atoms with Gasteiger partial charge in [-0.3, -0.25) is 0 Å². The molecule has 1 N–H and O–H groups in total. The van der Waals surface area contributed by atoms with Crippen LogP contribution >= 0.6 is 0 Å². The molecule has 1 saturated carbocycles. The SMILES string of the molecule is CNCC1(Cc2ccccc2)CCOC1C1CC1. The molecule has 1 aliphatic carbocycles. The summed E-state index contributed by atoms with van der Waals surface area (Å²) in [6.45, 7) is 2.01. The molecule has 3 rings (SSSR count). The second-order valence-corrected chi connectivity index (χ2v) is 5.93. The third-order valence-electron chi connectivity index (χ3n) is 4.48. The molecule has 0 amide bonds. The van der Waals surface area contributed by atoms with Crippen LogP contribution in [0.1, 0.15) is 24.8 Å². The highest BCUT2D eigenvalue weighted by Crippen LogP contribution is 2.49. The molecule has 2 aliphatic rings. The van der Waals surface area contributed by atoms with Gasteiger partial charge in [0.2, 0.25) is 0 Å². The van der Waals surface area contributed by atoms with Gasteiger partial charge in [-0.05, 0) is 44.2 Å². The Morgan fingerprint density at radius 2 is 2.06 bits per heavy atom. The topological polar surface area (TPSA) is 21.3 Å². The summed E-state index contributed by atoms with van der Waals surface area (Å²) in [5.41, 5.74) is 1.76. The summed E-state index contributed by atoms with van der Waals surface area (Å²) in [5.74, 6) is 0.824. The zero-order chi connectivity index (χ0) is 12.4. The van der Waals surface area contributed by atoms with Gasteiger partial charge >= 0.3 is 0 Å².